The number of pyridine rings is 1. The van der Waals surface area contributed by atoms with Gasteiger partial charge in [0.25, 0.3) is 5.91 Å². The van der Waals surface area contributed by atoms with Crippen molar-refractivity contribution < 1.29 is 27.5 Å². The molecule has 1 aliphatic heterocycles. The van der Waals surface area contributed by atoms with Gasteiger partial charge < -0.3 is 15.4 Å². The molecule has 1 aromatic carbocycles. The van der Waals surface area contributed by atoms with E-state index in [0.717, 1.165) is 36.4 Å². The first kappa shape index (κ1) is 31.3. The highest BCUT2D eigenvalue weighted by Gasteiger charge is 2.30. The van der Waals surface area contributed by atoms with Crippen LogP contribution in [0.25, 0.3) is 5.65 Å². The Morgan fingerprint density at radius 3 is 2.45 bits per heavy atom. The second-order valence-electron chi connectivity index (χ2n) is 12.4. The van der Waals surface area contributed by atoms with Crippen molar-refractivity contribution in [2.75, 3.05) is 19.6 Å². The topological polar surface area (TPSA) is 88.0 Å². The third kappa shape index (κ3) is 8.47. The molecular weight excluding hydrogens is 547 g/mol. The molecule has 3 heterocycles. The summed E-state index contributed by atoms with van der Waals surface area (Å²) in [6.07, 6.45) is -1.45. The number of hydrogen-bond acceptors (Lipinski definition) is 5. The van der Waals surface area contributed by atoms with Crippen LogP contribution in [0.15, 0.2) is 48.7 Å². The Balaban J connectivity index is 1.40. The van der Waals surface area contributed by atoms with Gasteiger partial charge in [-0.15, -0.1) is 0 Å². The number of amides is 2. The Bertz CT molecular complexity index is 1380. The zero-order valence-electron chi connectivity index (χ0n) is 24.8. The number of rotatable bonds is 9. The van der Waals surface area contributed by atoms with Crippen molar-refractivity contribution in [3.05, 3.63) is 71.2 Å². The molecule has 3 aromatic rings. The summed E-state index contributed by atoms with van der Waals surface area (Å²) in [6, 6.07) is 10.5. The Labute approximate surface area is 244 Å². The van der Waals surface area contributed by atoms with E-state index in [1.165, 1.54) is 12.1 Å². The maximum Gasteiger partial charge on any atom is 0.416 e. The average Bonchev–Trinajstić information content (AvgIpc) is 3.50. The Hall–Kier alpha value is -3.60. The second-order valence-corrected chi connectivity index (χ2v) is 12.4. The van der Waals surface area contributed by atoms with Gasteiger partial charge in [-0.25, -0.2) is 9.78 Å². The maximum absolute atomic E-state index is 13.3. The van der Waals surface area contributed by atoms with E-state index in [2.05, 4.69) is 15.5 Å². The van der Waals surface area contributed by atoms with Crippen LogP contribution in [0.2, 0.25) is 0 Å². The molecule has 228 valence electrons. The van der Waals surface area contributed by atoms with Gasteiger partial charge in [-0.05, 0) is 69.4 Å². The Morgan fingerprint density at radius 2 is 1.81 bits per heavy atom. The molecule has 0 bridgehead atoms. The largest absolute Gasteiger partial charge is 0.444 e. The summed E-state index contributed by atoms with van der Waals surface area (Å²) in [7, 11) is 0. The van der Waals surface area contributed by atoms with Gasteiger partial charge in [0.15, 0.2) is 0 Å². The minimum Gasteiger partial charge on any atom is -0.444 e. The van der Waals surface area contributed by atoms with Crippen molar-refractivity contribution in [1.29, 1.82) is 0 Å². The maximum atomic E-state index is 13.3. The van der Waals surface area contributed by atoms with Crippen molar-refractivity contribution in [2.45, 2.75) is 77.7 Å². The van der Waals surface area contributed by atoms with Crippen LogP contribution in [-0.2, 0) is 17.5 Å². The number of imidazole rings is 1. The lowest BCUT2D eigenvalue weighted by Crippen LogP contribution is -2.40. The molecule has 2 amide bonds. The van der Waals surface area contributed by atoms with Crippen LogP contribution in [0.4, 0.5) is 18.0 Å². The van der Waals surface area contributed by atoms with Gasteiger partial charge in [0, 0.05) is 44.3 Å². The molecular formula is C31H40F3N5O3. The number of benzene rings is 1. The van der Waals surface area contributed by atoms with E-state index in [1.807, 2.05) is 46.9 Å². The highest BCUT2D eigenvalue weighted by molar-refractivity contribution is 5.93. The molecule has 0 spiro atoms. The number of carbonyl (C=O) groups excluding carboxylic acids is 2. The molecule has 1 fully saturated rings. The molecule has 4 rings (SSSR count). The van der Waals surface area contributed by atoms with Gasteiger partial charge in [-0.2, -0.15) is 13.2 Å². The van der Waals surface area contributed by atoms with E-state index >= 15 is 0 Å². The number of ether oxygens (including phenoxy) is 1. The van der Waals surface area contributed by atoms with Gasteiger partial charge in [0.1, 0.15) is 16.9 Å². The molecule has 1 saturated heterocycles. The number of alkyl halides is 3. The standard InChI is InChI=1S/C31H40F3N5O3/c1-20(2)15-22(21-9-11-23(12-10-21)31(32,33)34)16-35-28(40)26-7-6-8-27-36-25(19-39(26)27)18-38-14-13-24(17-38)37-29(41)42-30(3,4)5/h6-12,19-20,22,24H,13-18H2,1-5H3,(H,35,40)(H,37,41)/t22?,24-/m1/s1. The highest BCUT2D eigenvalue weighted by Crippen LogP contribution is 2.31. The van der Waals surface area contributed by atoms with E-state index in [4.69, 9.17) is 9.72 Å². The molecule has 1 unspecified atom stereocenters. The van der Waals surface area contributed by atoms with Gasteiger partial charge >= 0.3 is 12.3 Å². The predicted octanol–water partition coefficient (Wildman–Crippen LogP) is 6.01. The fourth-order valence-electron chi connectivity index (χ4n) is 5.28. The summed E-state index contributed by atoms with van der Waals surface area (Å²) in [5.74, 6) is -0.127. The number of fused-ring (bicyclic) bond motifs is 1. The Kier molecular flexibility index (Phi) is 9.50. The highest BCUT2D eigenvalue weighted by atomic mass is 19.4. The zero-order chi connectivity index (χ0) is 30.7. The first-order valence-corrected chi connectivity index (χ1v) is 14.3. The summed E-state index contributed by atoms with van der Waals surface area (Å²) in [5, 5.41) is 5.92. The smallest absolute Gasteiger partial charge is 0.416 e. The minimum absolute atomic E-state index is 0.0123. The third-order valence-corrected chi connectivity index (χ3v) is 7.13. The van der Waals surface area contributed by atoms with E-state index in [-0.39, 0.29) is 17.9 Å². The summed E-state index contributed by atoms with van der Waals surface area (Å²) >= 11 is 0. The van der Waals surface area contributed by atoms with Crippen LogP contribution in [0, 0.1) is 5.92 Å². The lowest BCUT2D eigenvalue weighted by atomic mass is 9.89. The molecule has 0 radical (unpaired) electrons. The van der Waals surface area contributed by atoms with Gasteiger partial charge in [-0.3, -0.25) is 14.1 Å². The molecule has 0 aliphatic carbocycles. The van der Waals surface area contributed by atoms with Crippen LogP contribution < -0.4 is 10.6 Å². The summed E-state index contributed by atoms with van der Waals surface area (Å²) in [4.78, 5) is 32.3. The van der Waals surface area contributed by atoms with Crippen molar-refractivity contribution in [3.63, 3.8) is 0 Å². The number of likely N-dealkylation sites (tertiary alicyclic amines) is 1. The van der Waals surface area contributed by atoms with Crippen molar-refractivity contribution >= 4 is 17.6 Å². The van der Waals surface area contributed by atoms with Crippen molar-refractivity contribution in [1.82, 2.24) is 24.9 Å². The summed E-state index contributed by atoms with van der Waals surface area (Å²) < 4.78 is 46.2. The monoisotopic (exact) mass is 587 g/mol. The SMILES string of the molecule is CC(C)CC(CNC(=O)c1cccc2nc(CN3CC[C@@H](NC(=O)OC(C)(C)C)C3)cn12)c1ccc(C(F)(F)F)cc1. The second kappa shape index (κ2) is 12.7. The number of carbonyl (C=O) groups is 2. The molecule has 42 heavy (non-hydrogen) atoms. The van der Waals surface area contributed by atoms with Crippen molar-refractivity contribution in [2.24, 2.45) is 5.92 Å². The lowest BCUT2D eigenvalue weighted by molar-refractivity contribution is -0.137. The van der Waals surface area contributed by atoms with E-state index in [1.54, 1.807) is 16.5 Å². The molecule has 1 aliphatic rings. The van der Waals surface area contributed by atoms with Crippen LogP contribution >= 0.6 is 0 Å². The normalized spacial score (nSPS) is 17.0. The minimum atomic E-state index is -4.39. The van der Waals surface area contributed by atoms with Crippen LogP contribution in [0.3, 0.4) is 0 Å². The Morgan fingerprint density at radius 1 is 1.10 bits per heavy atom. The molecule has 8 nitrogen and oxygen atoms in total. The number of aromatic nitrogens is 2. The quantitative estimate of drug-likeness (QED) is 0.320. The van der Waals surface area contributed by atoms with E-state index in [0.29, 0.717) is 43.3 Å². The molecule has 2 atom stereocenters. The van der Waals surface area contributed by atoms with Crippen LogP contribution in [0.1, 0.15) is 80.7 Å². The summed E-state index contributed by atoms with van der Waals surface area (Å²) in [5.41, 5.74) is 1.38. The summed E-state index contributed by atoms with van der Waals surface area (Å²) in [6.45, 7) is 11.9. The molecule has 2 aromatic heterocycles. The van der Waals surface area contributed by atoms with E-state index < -0.39 is 23.4 Å². The first-order chi connectivity index (χ1) is 19.7. The fourth-order valence-corrected chi connectivity index (χ4v) is 5.28. The average molecular weight is 588 g/mol. The number of nitrogens with zero attached hydrogens (tertiary/aromatic N) is 3. The van der Waals surface area contributed by atoms with Gasteiger partial charge in [-0.1, -0.05) is 32.0 Å². The molecule has 2 N–H and O–H groups in total. The molecule has 0 saturated carbocycles. The molecule has 11 heteroatoms. The predicted molar refractivity (Wildman–Crippen MR) is 154 cm³/mol. The van der Waals surface area contributed by atoms with Gasteiger partial charge in [0.05, 0.1) is 11.3 Å². The van der Waals surface area contributed by atoms with Crippen LogP contribution in [0.5, 0.6) is 0 Å². The number of halogens is 3. The third-order valence-electron chi connectivity index (χ3n) is 7.13. The van der Waals surface area contributed by atoms with Crippen molar-refractivity contribution in [3.8, 4) is 0 Å². The first-order valence-electron chi connectivity index (χ1n) is 14.3. The number of nitrogens with one attached hydrogen (secondary N) is 2. The number of hydrogen-bond donors (Lipinski definition) is 2. The fraction of sp³-hybridized carbons (Fsp3) is 0.516. The zero-order valence-corrected chi connectivity index (χ0v) is 24.8. The van der Waals surface area contributed by atoms with Crippen LogP contribution in [-0.4, -0.2) is 57.6 Å². The van der Waals surface area contributed by atoms with Gasteiger partial charge in [0.2, 0.25) is 0 Å². The van der Waals surface area contributed by atoms with E-state index in [9.17, 15) is 22.8 Å². The number of alkyl carbamates (subject to hydrolysis) is 1. The lowest BCUT2D eigenvalue weighted by Gasteiger charge is -2.22.